The molecule has 3 amide bonds. The van der Waals surface area contributed by atoms with E-state index in [2.05, 4.69) is 83.9 Å². The fourth-order valence-electron chi connectivity index (χ4n) is 11.3. The van der Waals surface area contributed by atoms with Crippen molar-refractivity contribution in [3.63, 3.8) is 0 Å². The van der Waals surface area contributed by atoms with Gasteiger partial charge in [-0.3, -0.25) is 24.6 Å². The van der Waals surface area contributed by atoms with E-state index < -0.39 is 36.9 Å². The fraction of sp³-hybridized carbons (Fsp3) is 0.423. The number of aromatic nitrogens is 3. The first kappa shape index (κ1) is 48.8. The van der Waals surface area contributed by atoms with Crippen molar-refractivity contribution in [3.8, 4) is 5.75 Å². The minimum Gasteiger partial charge on any atom is -0.371 e. The molecule has 71 heavy (non-hydrogen) atoms. The number of rotatable bonds is 12. The molecule has 15 nitrogen and oxygen atoms in total. The van der Waals surface area contributed by atoms with E-state index in [1.54, 1.807) is 13.3 Å². The zero-order valence-electron chi connectivity index (χ0n) is 40.2. The number of nitrogens with zero attached hydrogens (tertiary/aromatic N) is 7. The summed E-state index contributed by atoms with van der Waals surface area (Å²) < 4.78 is 37.3. The average Bonchev–Trinajstić information content (AvgIpc) is 4.05. The summed E-state index contributed by atoms with van der Waals surface area (Å²) in [5.41, 5.74) is 5.76. The monoisotopic (exact) mass is 1050 g/mol. The van der Waals surface area contributed by atoms with Gasteiger partial charge in [-0.05, 0) is 31.4 Å². The van der Waals surface area contributed by atoms with Crippen LogP contribution in [0.2, 0.25) is 0 Å². The molecule has 5 aliphatic heterocycles. The number of hydrogen-bond donors (Lipinski definition) is 4. The summed E-state index contributed by atoms with van der Waals surface area (Å²) in [5, 5.41) is 11.0. The quantitative estimate of drug-likeness (QED) is 0.0554. The van der Waals surface area contributed by atoms with Crippen LogP contribution in [-0.4, -0.2) is 125 Å². The van der Waals surface area contributed by atoms with E-state index in [1.807, 2.05) is 34.9 Å². The van der Waals surface area contributed by atoms with Crippen LogP contribution in [0, 0.1) is 24.5 Å². The topological polar surface area (TPSA) is 168 Å². The van der Waals surface area contributed by atoms with Crippen molar-refractivity contribution in [2.75, 3.05) is 92.2 Å². The number of amides is 3. The number of pyridine rings is 1. The van der Waals surface area contributed by atoms with Crippen molar-refractivity contribution in [1.29, 1.82) is 0 Å². The Balaban J connectivity index is 0.747. The molecule has 0 unspecified atom stereocenters. The molecule has 0 spiro atoms. The van der Waals surface area contributed by atoms with E-state index in [0.29, 0.717) is 78.6 Å². The Morgan fingerprint density at radius 3 is 2.28 bits per heavy atom. The number of nitrogens with one attached hydrogen (secondary N) is 3. The standard InChI is InChI=1S/C52H60BrF2N10O5P/c1-4-32-23-43(59-52-56-29-38(53)50(61-52)58-42-10-9-41-37(8-7-31(2)57-41)49(42)71(69)21-5-6-22-71)45(70-3)28-44(32)63-15-12-35(13-16-63)62-17-19-64(20-18-62)51(68)33-11-14-65(30-33)36-26-39(54)48(40(55)27-36)34-24-46(66)60-47(67)25-34/h5-10,23,26-29,33-35,69,71H,4,11-22,24-25,30H2,1-3H3,(H,60,66,67)(H2,56,58,59,61)/t33-/m1/s1. The van der Waals surface area contributed by atoms with E-state index in [4.69, 9.17) is 14.7 Å². The summed E-state index contributed by atoms with van der Waals surface area (Å²) in [7, 11) is -1.20. The Morgan fingerprint density at radius 1 is 0.887 bits per heavy atom. The van der Waals surface area contributed by atoms with Crippen molar-refractivity contribution in [2.24, 2.45) is 5.92 Å². The number of allylic oxidation sites excluding steroid dienone is 2. The van der Waals surface area contributed by atoms with Crippen LogP contribution >= 0.6 is 23.4 Å². The molecule has 3 aromatic carbocycles. The van der Waals surface area contributed by atoms with Gasteiger partial charge in [-0.2, -0.15) is 0 Å². The minimum absolute atomic E-state index is 0.0797. The first-order valence-corrected chi connectivity index (χ1v) is 27.8. The number of fused-ring (bicyclic) bond motifs is 1. The summed E-state index contributed by atoms with van der Waals surface area (Å²) >= 11 is 3.66. The molecule has 2 aromatic heterocycles. The predicted octanol–water partition coefficient (Wildman–Crippen LogP) is 7.44. The maximum atomic E-state index is 15.3. The summed E-state index contributed by atoms with van der Waals surface area (Å²) in [5.74, 6) is -2.06. The van der Waals surface area contributed by atoms with Gasteiger partial charge >= 0.3 is 224 Å². The van der Waals surface area contributed by atoms with Crippen LogP contribution < -0.4 is 35.8 Å². The first-order chi connectivity index (χ1) is 34.3. The number of benzene rings is 3. The number of carbonyl (C=O) groups excluding carboxylic acids is 3. The van der Waals surface area contributed by atoms with Gasteiger partial charge in [-0.15, -0.1) is 0 Å². The van der Waals surface area contributed by atoms with Crippen molar-refractivity contribution in [1.82, 2.24) is 30.1 Å². The van der Waals surface area contributed by atoms with Gasteiger partial charge < -0.3 is 9.80 Å². The van der Waals surface area contributed by atoms with Crippen LogP contribution in [0.5, 0.6) is 5.75 Å². The molecule has 374 valence electrons. The summed E-state index contributed by atoms with van der Waals surface area (Å²) in [6, 6.07) is 15.2. The zero-order chi connectivity index (χ0) is 49.6. The van der Waals surface area contributed by atoms with E-state index >= 15 is 8.78 Å². The van der Waals surface area contributed by atoms with Crippen molar-refractivity contribution in [3.05, 3.63) is 99.8 Å². The fourth-order valence-corrected chi connectivity index (χ4v) is 14.7. The van der Waals surface area contributed by atoms with Gasteiger partial charge in [0.15, 0.2) is 0 Å². The molecule has 0 radical (unpaired) electrons. The van der Waals surface area contributed by atoms with E-state index in [1.165, 1.54) is 17.7 Å². The molecule has 5 aliphatic rings. The number of imide groups is 1. The third-order valence-electron chi connectivity index (χ3n) is 15.0. The molecule has 1 atom stereocenters. The van der Waals surface area contributed by atoms with Gasteiger partial charge in [-0.1, -0.05) is 0 Å². The zero-order valence-corrected chi connectivity index (χ0v) is 42.8. The third kappa shape index (κ3) is 10.0. The van der Waals surface area contributed by atoms with E-state index in [9.17, 15) is 19.3 Å². The molecule has 4 N–H and O–H groups in total. The summed E-state index contributed by atoms with van der Waals surface area (Å²) in [4.78, 5) is 72.6. The SMILES string of the molecule is CCc1cc(Nc2ncc(Br)c(Nc3ccc4nc(C)ccc4c3[PH]3(O)CC=CC3)n2)c(OC)cc1N1CCC(N2CCN(C(=O)[C@@H]3CCN(c4cc(F)c(C5CC(=O)NC(=O)C5)c(F)c4)C3)CC2)CC1. The predicted molar refractivity (Wildman–Crippen MR) is 279 cm³/mol. The number of methoxy groups -OCH3 is 1. The molecule has 4 fully saturated rings. The van der Waals surface area contributed by atoms with Crippen molar-refractivity contribution >= 4 is 91.9 Å². The van der Waals surface area contributed by atoms with Crippen LogP contribution in [0.3, 0.4) is 0 Å². The minimum atomic E-state index is -2.87. The molecular formula is C52H60BrF2N10O5P. The van der Waals surface area contributed by atoms with E-state index in [0.717, 1.165) is 84.4 Å². The Hall–Kier alpha value is -5.81. The van der Waals surface area contributed by atoms with Crippen molar-refractivity contribution in [2.45, 2.75) is 64.3 Å². The van der Waals surface area contributed by atoms with Crippen LogP contribution in [-0.2, 0) is 20.8 Å². The second-order valence-corrected chi connectivity index (χ2v) is 23.7. The molecular weight excluding hydrogens is 994 g/mol. The molecule has 0 aliphatic carbocycles. The van der Waals surface area contributed by atoms with Crippen LogP contribution in [0.25, 0.3) is 10.9 Å². The third-order valence-corrected chi connectivity index (χ3v) is 18.9. The number of aryl methyl sites for hydroxylation is 2. The summed E-state index contributed by atoms with van der Waals surface area (Å²) in [6.45, 7) is 9.61. The van der Waals surface area contributed by atoms with Gasteiger partial charge in [0.2, 0.25) is 17.7 Å². The number of carbonyl (C=O) groups is 3. The van der Waals surface area contributed by atoms with Gasteiger partial charge in [0.05, 0.1) is 5.92 Å². The van der Waals surface area contributed by atoms with Crippen LogP contribution in [0.4, 0.5) is 43.3 Å². The Labute approximate surface area is 421 Å². The molecule has 19 heteroatoms. The smallest absolute Gasteiger partial charge is 0.371 e. The normalized spacial score (nSPS) is 20.4. The maximum absolute atomic E-state index is 15.3. The number of hydrogen-bond acceptors (Lipinski definition) is 13. The van der Waals surface area contributed by atoms with Gasteiger partial charge in [-0.25, -0.2) is 8.78 Å². The van der Waals surface area contributed by atoms with Gasteiger partial charge in [0.25, 0.3) is 0 Å². The number of piperidine rings is 2. The Morgan fingerprint density at radius 2 is 1.59 bits per heavy atom. The van der Waals surface area contributed by atoms with Gasteiger partial charge in [0.1, 0.15) is 11.6 Å². The molecule has 10 rings (SSSR count). The Kier molecular flexibility index (Phi) is 14.0. The van der Waals surface area contributed by atoms with E-state index in [-0.39, 0.29) is 30.2 Å². The van der Waals surface area contributed by atoms with Crippen LogP contribution in [0.15, 0.2) is 71.4 Å². The van der Waals surface area contributed by atoms with Crippen LogP contribution in [0.1, 0.15) is 61.8 Å². The second kappa shape index (κ2) is 20.4. The molecule has 5 aromatic rings. The molecule has 0 bridgehead atoms. The number of halogens is 3. The number of anilines is 6. The van der Waals surface area contributed by atoms with Crippen molar-refractivity contribution < 1.29 is 32.8 Å². The average molecular weight is 1050 g/mol. The molecule has 0 saturated carbocycles. The Bertz CT molecular complexity index is 2880. The van der Waals surface area contributed by atoms with Gasteiger partial charge in [0, 0.05) is 88.4 Å². The number of ether oxygens (including phenoxy) is 1. The molecule has 7 heterocycles. The second-order valence-electron chi connectivity index (χ2n) is 19.5. The first-order valence-electron chi connectivity index (χ1n) is 24.7. The molecule has 4 saturated heterocycles. The number of piperazine rings is 1. The summed E-state index contributed by atoms with van der Waals surface area (Å²) in [6.07, 6.45) is 10.2.